The topological polar surface area (TPSA) is 281 Å². The number of aliphatic hydroxyl groups excluding tert-OH is 7. The van der Waals surface area contributed by atoms with Gasteiger partial charge in [-0.3, -0.25) is 4.55 Å². The minimum Gasteiger partial charge on any atom is -0.394 e. The molecule has 0 bridgehead atoms. The van der Waals surface area contributed by atoms with Gasteiger partial charge in [0.05, 0.1) is 49.8 Å². The fourth-order valence-corrected chi connectivity index (χ4v) is 13.1. The van der Waals surface area contributed by atoms with E-state index in [0.717, 1.165) is 0 Å². The molecule has 19 heteroatoms. The van der Waals surface area contributed by atoms with Crippen LogP contribution < -0.4 is 0 Å². The molecule has 0 amide bonds. The van der Waals surface area contributed by atoms with Gasteiger partial charge in [0.15, 0.2) is 12.6 Å². The number of hydrogen-bond donors (Lipinski definition) is 9. The van der Waals surface area contributed by atoms with E-state index in [0.29, 0.717) is 25.7 Å². The number of allylic oxidation sites excluding steroid dienone is 1. The van der Waals surface area contributed by atoms with Crippen LogP contribution in [0.4, 0.5) is 0 Å². The first kappa shape index (κ1) is 48.5. The van der Waals surface area contributed by atoms with Gasteiger partial charge in [-0.05, 0) is 66.6 Å². The summed E-state index contributed by atoms with van der Waals surface area (Å²) in [5.74, 6) is -2.38. The highest BCUT2D eigenvalue weighted by atomic mass is 32.3. The van der Waals surface area contributed by atoms with Gasteiger partial charge in [0, 0.05) is 38.4 Å². The Labute approximate surface area is 353 Å². The number of ether oxygens (including phenoxy) is 6. The summed E-state index contributed by atoms with van der Waals surface area (Å²) in [5.41, 5.74) is -3.07. The van der Waals surface area contributed by atoms with Crippen molar-refractivity contribution in [1.82, 2.24) is 0 Å². The SMILES string of the molecule is CO[C@H]1[C@H](O[C@H]2[C@H](OC[C@@H](/C=C/[C@@H](C)[C@H]3C[C@@H](O)[C@@H]4[C@]3(C)CC[C@@H]3[C@@]5(C)CC[C@H](O)[C@H](O)[C@@H]5[C@@H](OS(=O)(=O)O)C[C@]34O)C(C)C)O[C@@H]([C@@H](O)CO)[C@@H]2O)OC[C@@H](OC)[C@@H]1O. The van der Waals surface area contributed by atoms with Crippen LogP contribution >= 0.6 is 0 Å². The molecule has 0 unspecified atom stereocenters. The Morgan fingerprint density at radius 3 is 2.17 bits per heavy atom. The smallest absolute Gasteiger partial charge is 0.394 e. The van der Waals surface area contributed by atoms with Gasteiger partial charge < -0.3 is 69.3 Å². The van der Waals surface area contributed by atoms with E-state index in [1.807, 2.05) is 26.8 Å². The highest BCUT2D eigenvalue weighted by Gasteiger charge is 2.72. The van der Waals surface area contributed by atoms with E-state index in [1.165, 1.54) is 14.2 Å². The predicted octanol–water partition coefficient (Wildman–Crippen LogP) is -0.0869. The molecular weight excluding hydrogens is 813 g/mol. The van der Waals surface area contributed by atoms with Gasteiger partial charge in [0.1, 0.15) is 42.7 Å². The first-order valence-electron chi connectivity index (χ1n) is 21.4. The van der Waals surface area contributed by atoms with Gasteiger partial charge in [-0.15, -0.1) is 0 Å². The van der Waals surface area contributed by atoms with E-state index in [4.69, 9.17) is 32.6 Å². The summed E-state index contributed by atoms with van der Waals surface area (Å²) in [7, 11) is -2.20. The second-order valence-corrected chi connectivity index (χ2v) is 20.4. The molecular formula is C41H70O18S. The monoisotopic (exact) mass is 882 g/mol. The molecule has 348 valence electrons. The third-order valence-corrected chi connectivity index (χ3v) is 16.2. The zero-order valence-corrected chi connectivity index (χ0v) is 36.5. The van der Waals surface area contributed by atoms with Crippen molar-refractivity contribution in [1.29, 1.82) is 0 Å². The maximum atomic E-state index is 12.9. The molecule has 18 nitrogen and oxygen atoms in total. The summed E-state index contributed by atoms with van der Waals surface area (Å²) in [4.78, 5) is 0. The average molecular weight is 883 g/mol. The Hall–Kier alpha value is -0.950. The van der Waals surface area contributed by atoms with Crippen LogP contribution in [0.25, 0.3) is 0 Å². The summed E-state index contributed by atoms with van der Waals surface area (Å²) in [6.07, 6.45) is -9.22. The van der Waals surface area contributed by atoms with Crippen molar-refractivity contribution in [2.45, 2.75) is 158 Å². The first-order chi connectivity index (χ1) is 28.1. The quantitative estimate of drug-likeness (QED) is 0.0768. The molecule has 6 rings (SSSR count). The maximum absolute atomic E-state index is 12.9. The Kier molecular flexibility index (Phi) is 15.0. The lowest BCUT2D eigenvalue weighted by atomic mass is 9.41. The van der Waals surface area contributed by atoms with Gasteiger partial charge in [0.25, 0.3) is 0 Å². The van der Waals surface area contributed by atoms with Gasteiger partial charge >= 0.3 is 10.4 Å². The molecule has 0 spiro atoms. The van der Waals surface area contributed by atoms with E-state index in [9.17, 15) is 53.8 Å². The van der Waals surface area contributed by atoms with Crippen LogP contribution in [0, 0.1) is 52.3 Å². The third-order valence-electron chi connectivity index (χ3n) is 15.7. The average Bonchev–Trinajstić information content (AvgIpc) is 3.63. The summed E-state index contributed by atoms with van der Waals surface area (Å²) >= 11 is 0. The number of fused-ring (bicyclic) bond motifs is 5. The molecule has 2 heterocycles. The zero-order chi connectivity index (χ0) is 44.3. The highest BCUT2D eigenvalue weighted by molar-refractivity contribution is 7.80. The van der Waals surface area contributed by atoms with Gasteiger partial charge in [0.2, 0.25) is 0 Å². The molecule has 22 atom stereocenters. The molecule has 9 N–H and O–H groups in total. The number of hydrogen-bond acceptors (Lipinski definition) is 17. The van der Waals surface area contributed by atoms with Crippen LogP contribution in [0.1, 0.15) is 73.1 Å². The van der Waals surface area contributed by atoms with Gasteiger partial charge in [-0.25, -0.2) is 4.18 Å². The first-order valence-corrected chi connectivity index (χ1v) is 22.8. The largest absolute Gasteiger partial charge is 0.397 e. The fraction of sp³-hybridized carbons (Fsp3) is 0.951. The zero-order valence-electron chi connectivity index (χ0n) is 35.7. The van der Waals surface area contributed by atoms with E-state index in [1.54, 1.807) is 0 Å². The summed E-state index contributed by atoms with van der Waals surface area (Å²) < 4.78 is 74.1. The van der Waals surface area contributed by atoms with Crippen molar-refractivity contribution in [3.8, 4) is 0 Å². The molecule has 4 aliphatic carbocycles. The van der Waals surface area contributed by atoms with E-state index in [2.05, 4.69) is 19.9 Å². The molecule has 6 fully saturated rings. The Morgan fingerprint density at radius 1 is 0.867 bits per heavy atom. The van der Waals surface area contributed by atoms with E-state index >= 15 is 0 Å². The van der Waals surface area contributed by atoms with Crippen LogP contribution in [0.5, 0.6) is 0 Å². The second-order valence-electron chi connectivity index (χ2n) is 19.3. The van der Waals surface area contributed by atoms with Crippen molar-refractivity contribution >= 4 is 10.4 Å². The summed E-state index contributed by atoms with van der Waals surface area (Å²) in [6, 6.07) is 0. The Bertz CT molecular complexity index is 1590. The molecule has 0 aromatic heterocycles. The van der Waals surface area contributed by atoms with Crippen molar-refractivity contribution in [2.24, 2.45) is 52.3 Å². The van der Waals surface area contributed by atoms with E-state index in [-0.39, 0.29) is 49.7 Å². The predicted molar refractivity (Wildman–Crippen MR) is 210 cm³/mol. The van der Waals surface area contributed by atoms with Crippen molar-refractivity contribution in [3.63, 3.8) is 0 Å². The van der Waals surface area contributed by atoms with Crippen LogP contribution in [-0.4, -0.2) is 173 Å². The van der Waals surface area contributed by atoms with Crippen LogP contribution in [-0.2, 0) is 43.0 Å². The van der Waals surface area contributed by atoms with Crippen LogP contribution in [0.3, 0.4) is 0 Å². The molecule has 60 heavy (non-hydrogen) atoms. The molecule has 6 aliphatic rings. The summed E-state index contributed by atoms with van der Waals surface area (Å²) in [6.45, 7) is 9.41. The van der Waals surface area contributed by atoms with E-state index < -0.39 is 131 Å². The molecule has 2 aliphatic heterocycles. The molecule has 0 radical (unpaired) electrons. The van der Waals surface area contributed by atoms with Crippen LogP contribution in [0.2, 0.25) is 0 Å². The minimum atomic E-state index is -5.00. The molecule has 0 aromatic rings. The lowest BCUT2D eigenvalue weighted by Gasteiger charge is -2.66. The van der Waals surface area contributed by atoms with Gasteiger partial charge in [-0.2, -0.15) is 8.42 Å². The fourth-order valence-electron chi connectivity index (χ4n) is 12.6. The number of methoxy groups -OCH3 is 2. The third kappa shape index (κ3) is 8.88. The second kappa shape index (κ2) is 18.5. The lowest BCUT2D eigenvalue weighted by molar-refractivity contribution is -0.310. The number of rotatable bonds is 15. The molecule has 0 aromatic carbocycles. The normalized spacial score (nSPS) is 48.8. The number of aliphatic hydroxyl groups is 8. The van der Waals surface area contributed by atoms with Crippen molar-refractivity contribution in [2.75, 3.05) is 34.0 Å². The maximum Gasteiger partial charge on any atom is 0.397 e. The standard InChI is InChI=1S/C41H70O18S/c1-19(2)21(17-55-38-35(32(48)33(57-38)25(45)16-42)58-37-34(54-7)31(47)27(53-6)18-56-37)9-8-20(3)22-14-24(44)36-39(22,4)13-11-28-40(5)12-10-23(43)30(46)29(40)26(15-41(28,36)49)59-60(50,51)52/h8-9,19-38,42-49H,10-18H2,1-7H3,(H,50,51,52)/b9-8+/t20-,21-,22-,23+,24-,25+,26+,27-,28-,29+,30+,31+,32+,33+,34-,35-,36-,37+,38-,39-,40-,41+/m1/s1. The Balaban J connectivity index is 1.18. The molecule has 2 saturated heterocycles. The molecule has 4 saturated carbocycles. The Morgan fingerprint density at radius 2 is 1.55 bits per heavy atom. The van der Waals surface area contributed by atoms with Gasteiger partial charge in [-0.1, -0.05) is 46.8 Å². The lowest BCUT2D eigenvalue weighted by Crippen LogP contribution is -2.71. The van der Waals surface area contributed by atoms with Crippen molar-refractivity contribution < 1.29 is 86.4 Å². The van der Waals surface area contributed by atoms with Crippen LogP contribution in [0.15, 0.2) is 12.2 Å². The highest BCUT2D eigenvalue weighted by Crippen LogP contribution is 2.70. The van der Waals surface area contributed by atoms with Crippen molar-refractivity contribution in [3.05, 3.63) is 12.2 Å². The minimum absolute atomic E-state index is 0.0197. The summed E-state index contributed by atoms with van der Waals surface area (Å²) in [5, 5.41) is 88.7.